The molecule has 4 N–H and O–H groups in total. The zero-order valence-electron chi connectivity index (χ0n) is 8.87. The molecule has 0 aliphatic rings. The van der Waals surface area contributed by atoms with Gasteiger partial charge in [-0.05, 0) is 43.7 Å². The molecule has 1 heterocycles. The van der Waals surface area contributed by atoms with Gasteiger partial charge in [-0.25, -0.2) is 0 Å². The molecule has 78 valence electrons. The zero-order chi connectivity index (χ0) is 11.0. The van der Waals surface area contributed by atoms with Gasteiger partial charge in [0.15, 0.2) is 0 Å². The fourth-order valence-electron chi connectivity index (χ4n) is 1.75. The van der Waals surface area contributed by atoms with Crippen molar-refractivity contribution in [2.24, 2.45) is 0 Å². The van der Waals surface area contributed by atoms with Crippen molar-refractivity contribution in [1.29, 1.82) is 0 Å². The topological polar surface area (TPSA) is 65.2 Å². The van der Waals surface area contributed by atoms with Crippen LogP contribution in [0.4, 0.5) is 11.4 Å². The molecule has 0 aliphatic carbocycles. The third kappa shape index (κ3) is 1.81. The van der Waals surface area contributed by atoms with E-state index in [4.69, 9.17) is 15.9 Å². The minimum absolute atomic E-state index is 0.670. The first-order chi connectivity index (χ1) is 7.06. The van der Waals surface area contributed by atoms with E-state index in [1.807, 2.05) is 32.0 Å². The van der Waals surface area contributed by atoms with Crippen LogP contribution in [0.1, 0.15) is 11.5 Å². The van der Waals surface area contributed by atoms with E-state index >= 15 is 0 Å². The number of rotatable bonds is 1. The normalized spacial score (nSPS) is 10.5. The molecule has 0 unspecified atom stereocenters. The third-order valence-corrected chi connectivity index (χ3v) is 2.33. The summed E-state index contributed by atoms with van der Waals surface area (Å²) in [4.78, 5) is 0. The Morgan fingerprint density at radius 3 is 2.00 bits per heavy atom. The van der Waals surface area contributed by atoms with Gasteiger partial charge in [-0.1, -0.05) is 0 Å². The van der Waals surface area contributed by atoms with Gasteiger partial charge >= 0.3 is 0 Å². The van der Waals surface area contributed by atoms with Gasteiger partial charge in [-0.2, -0.15) is 0 Å². The highest BCUT2D eigenvalue weighted by Gasteiger charge is 2.08. The maximum Gasteiger partial charge on any atom is 0.108 e. The molecule has 0 amide bonds. The number of nitrogen functional groups attached to an aromatic ring is 2. The largest absolute Gasteiger partial charge is 0.466 e. The minimum atomic E-state index is 0.670. The first-order valence-electron chi connectivity index (χ1n) is 4.79. The lowest BCUT2D eigenvalue weighted by atomic mass is 10.0. The van der Waals surface area contributed by atoms with E-state index in [2.05, 4.69) is 0 Å². The first kappa shape index (κ1) is 9.65. The predicted octanol–water partition coefficient (Wildman–Crippen LogP) is 2.73. The Morgan fingerprint density at radius 1 is 0.933 bits per heavy atom. The molecule has 0 saturated heterocycles. The summed E-state index contributed by atoms with van der Waals surface area (Å²) in [6, 6.07) is 7.52. The summed E-state index contributed by atoms with van der Waals surface area (Å²) in [5.41, 5.74) is 14.9. The molecule has 2 rings (SSSR count). The van der Waals surface area contributed by atoms with Crippen molar-refractivity contribution >= 4 is 11.4 Å². The molecule has 0 fully saturated rings. The Bertz CT molecular complexity index is 480. The Hall–Kier alpha value is -1.90. The van der Waals surface area contributed by atoms with Gasteiger partial charge in [0.05, 0.1) is 0 Å². The van der Waals surface area contributed by atoms with E-state index in [-0.39, 0.29) is 0 Å². The molecule has 0 spiro atoms. The number of furan rings is 1. The van der Waals surface area contributed by atoms with Crippen molar-refractivity contribution in [3.63, 3.8) is 0 Å². The van der Waals surface area contributed by atoms with Gasteiger partial charge in [-0.15, -0.1) is 0 Å². The second-order valence-corrected chi connectivity index (χ2v) is 3.72. The third-order valence-electron chi connectivity index (χ3n) is 2.33. The second kappa shape index (κ2) is 3.35. The van der Waals surface area contributed by atoms with Gasteiger partial charge in [0.25, 0.3) is 0 Å². The average molecular weight is 202 g/mol. The van der Waals surface area contributed by atoms with Gasteiger partial charge in [0.1, 0.15) is 11.5 Å². The highest BCUT2D eigenvalue weighted by Crippen LogP contribution is 2.29. The van der Waals surface area contributed by atoms with Crippen molar-refractivity contribution in [3.05, 3.63) is 35.8 Å². The number of aryl methyl sites for hydroxylation is 2. The molecule has 3 heteroatoms. The Balaban J connectivity index is 2.58. The van der Waals surface area contributed by atoms with Crippen LogP contribution in [0.5, 0.6) is 0 Å². The summed E-state index contributed by atoms with van der Waals surface area (Å²) in [6.07, 6.45) is 0. The summed E-state index contributed by atoms with van der Waals surface area (Å²) < 4.78 is 5.47. The van der Waals surface area contributed by atoms with Crippen LogP contribution in [0.25, 0.3) is 11.1 Å². The monoisotopic (exact) mass is 202 g/mol. The van der Waals surface area contributed by atoms with Gasteiger partial charge in [0.2, 0.25) is 0 Å². The molecule has 0 aliphatic heterocycles. The van der Waals surface area contributed by atoms with Crippen molar-refractivity contribution in [2.45, 2.75) is 13.8 Å². The van der Waals surface area contributed by atoms with E-state index in [9.17, 15) is 0 Å². The SMILES string of the molecule is Cc1cc(-c2cc(N)cc(N)c2)c(C)o1. The highest BCUT2D eigenvalue weighted by atomic mass is 16.3. The Kier molecular flexibility index (Phi) is 2.15. The maximum atomic E-state index is 5.74. The highest BCUT2D eigenvalue weighted by molar-refractivity contribution is 5.73. The molecule has 0 radical (unpaired) electrons. The van der Waals surface area contributed by atoms with Crippen molar-refractivity contribution < 1.29 is 4.42 Å². The zero-order valence-corrected chi connectivity index (χ0v) is 8.87. The van der Waals surface area contributed by atoms with Gasteiger partial charge in [0, 0.05) is 16.9 Å². The molecule has 1 aromatic heterocycles. The molecule has 0 atom stereocenters. The molecule has 0 bridgehead atoms. The van der Waals surface area contributed by atoms with Crippen LogP contribution in [-0.4, -0.2) is 0 Å². The average Bonchev–Trinajstić information content (AvgIpc) is 2.43. The van der Waals surface area contributed by atoms with Crippen LogP contribution in [-0.2, 0) is 0 Å². The predicted molar refractivity (Wildman–Crippen MR) is 62.4 cm³/mol. The van der Waals surface area contributed by atoms with Gasteiger partial charge < -0.3 is 15.9 Å². The summed E-state index contributed by atoms with van der Waals surface area (Å²) in [5, 5.41) is 0. The first-order valence-corrected chi connectivity index (χ1v) is 4.79. The van der Waals surface area contributed by atoms with E-state index < -0.39 is 0 Å². The van der Waals surface area contributed by atoms with Crippen LogP contribution < -0.4 is 11.5 Å². The maximum absolute atomic E-state index is 5.74. The number of anilines is 2. The van der Waals surface area contributed by atoms with Crippen molar-refractivity contribution in [3.8, 4) is 11.1 Å². The summed E-state index contributed by atoms with van der Waals surface area (Å²) in [5.74, 6) is 1.78. The van der Waals surface area contributed by atoms with Crippen LogP contribution in [0.15, 0.2) is 28.7 Å². The van der Waals surface area contributed by atoms with Crippen LogP contribution in [0, 0.1) is 13.8 Å². The lowest BCUT2D eigenvalue weighted by Crippen LogP contribution is -1.91. The summed E-state index contributed by atoms with van der Waals surface area (Å²) in [7, 11) is 0. The molecule has 3 nitrogen and oxygen atoms in total. The number of nitrogens with two attached hydrogens (primary N) is 2. The minimum Gasteiger partial charge on any atom is -0.466 e. The van der Waals surface area contributed by atoms with E-state index in [0.29, 0.717) is 11.4 Å². The fourth-order valence-corrected chi connectivity index (χ4v) is 1.75. The molecule has 2 aromatic rings. The van der Waals surface area contributed by atoms with E-state index in [1.165, 1.54) is 0 Å². The molecular formula is C12H14N2O. The van der Waals surface area contributed by atoms with E-state index in [0.717, 1.165) is 22.6 Å². The number of hydrogen-bond acceptors (Lipinski definition) is 3. The lowest BCUT2D eigenvalue weighted by molar-refractivity contribution is 0.505. The van der Waals surface area contributed by atoms with Crippen LogP contribution in [0.3, 0.4) is 0 Å². The molecule has 0 saturated carbocycles. The Morgan fingerprint density at radius 2 is 1.53 bits per heavy atom. The van der Waals surface area contributed by atoms with Crippen LogP contribution in [0.2, 0.25) is 0 Å². The van der Waals surface area contributed by atoms with Gasteiger partial charge in [-0.3, -0.25) is 0 Å². The quantitative estimate of drug-likeness (QED) is 0.699. The standard InChI is InChI=1S/C12H14N2O/c1-7-3-12(8(2)15-7)9-4-10(13)6-11(14)5-9/h3-6H,13-14H2,1-2H3. The van der Waals surface area contributed by atoms with E-state index in [1.54, 1.807) is 6.07 Å². The summed E-state index contributed by atoms with van der Waals surface area (Å²) >= 11 is 0. The number of hydrogen-bond donors (Lipinski definition) is 2. The Labute approximate surface area is 88.7 Å². The fraction of sp³-hybridized carbons (Fsp3) is 0.167. The lowest BCUT2D eigenvalue weighted by Gasteiger charge is -2.03. The molecule has 15 heavy (non-hydrogen) atoms. The summed E-state index contributed by atoms with van der Waals surface area (Å²) in [6.45, 7) is 3.86. The molecule has 1 aromatic carbocycles. The second-order valence-electron chi connectivity index (χ2n) is 3.72. The smallest absolute Gasteiger partial charge is 0.108 e. The van der Waals surface area contributed by atoms with Crippen molar-refractivity contribution in [1.82, 2.24) is 0 Å². The number of benzene rings is 1. The van der Waals surface area contributed by atoms with Crippen molar-refractivity contribution in [2.75, 3.05) is 11.5 Å². The molecular weight excluding hydrogens is 188 g/mol. The van der Waals surface area contributed by atoms with Crippen LogP contribution >= 0.6 is 0 Å².